The smallest absolute Gasteiger partial charge is 0.338 e. The molecule has 0 saturated carbocycles. The van der Waals surface area contributed by atoms with Crippen molar-refractivity contribution in [2.75, 3.05) is 35.2 Å². The highest BCUT2D eigenvalue weighted by atomic mass is 16.7. The van der Waals surface area contributed by atoms with Crippen molar-refractivity contribution >= 4 is 5.97 Å². The Kier molecular flexibility index (Phi) is 6.94. The first-order valence-electron chi connectivity index (χ1n) is 12.6. The van der Waals surface area contributed by atoms with Gasteiger partial charge >= 0.3 is 5.97 Å². The zero-order valence-electron chi connectivity index (χ0n) is 22.8. The molecule has 2 aliphatic rings. The molecule has 1 N–H and O–H groups in total. The molecule has 3 atom stereocenters. The van der Waals surface area contributed by atoms with Crippen molar-refractivity contribution in [3.8, 4) is 45.6 Å². The first-order valence-corrected chi connectivity index (χ1v) is 12.6. The van der Waals surface area contributed by atoms with Crippen LogP contribution in [0.5, 0.6) is 34.5 Å². The summed E-state index contributed by atoms with van der Waals surface area (Å²) in [6.45, 7) is 3.57. The van der Waals surface area contributed by atoms with Crippen LogP contribution in [-0.2, 0) is 11.2 Å². The number of methoxy groups -OCH3 is 4. The molecule has 0 fully saturated rings. The van der Waals surface area contributed by atoms with E-state index in [4.69, 9.17) is 33.2 Å². The Bertz CT molecular complexity index is 1400. The van der Waals surface area contributed by atoms with E-state index < -0.39 is 17.7 Å². The molecule has 39 heavy (non-hydrogen) atoms. The fraction of sp³-hybridized carbons (Fsp3) is 0.367. The van der Waals surface area contributed by atoms with Crippen LogP contribution in [0.2, 0.25) is 0 Å². The van der Waals surface area contributed by atoms with Crippen LogP contribution in [-0.4, -0.2) is 51.9 Å². The minimum atomic E-state index is -1.50. The van der Waals surface area contributed by atoms with Crippen molar-refractivity contribution in [3.63, 3.8) is 0 Å². The molecule has 0 unspecified atom stereocenters. The quantitative estimate of drug-likeness (QED) is 0.438. The van der Waals surface area contributed by atoms with Crippen LogP contribution in [0.15, 0.2) is 42.5 Å². The number of benzene rings is 3. The van der Waals surface area contributed by atoms with Crippen molar-refractivity contribution in [3.05, 3.63) is 59.2 Å². The fourth-order valence-corrected chi connectivity index (χ4v) is 5.37. The van der Waals surface area contributed by atoms with Gasteiger partial charge in [0.25, 0.3) is 0 Å². The number of hydrogen-bond acceptors (Lipinski definition) is 9. The zero-order chi connectivity index (χ0) is 27.9. The van der Waals surface area contributed by atoms with Gasteiger partial charge in [-0.1, -0.05) is 25.1 Å². The highest BCUT2D eigenvalue weighted by molar-refractivity contribution is 5.91. The molecule has 1 aliphatic carbocycles. The van der Waals surface area contributed by atoms with Gasteiger partial charge in [-0.25, -0.2) is 4.79 Å². The van der Waals surface area contributed by atoms with E-state index in [2.05, 4.69) is 0 Å². The van der Waals surface area contributed by atoms with E-state index in [1.54, 1.807) is 51.5 Å². The predicted octanol–water partition coefficient (Wildman–Crippen LogP) is 4.96. The van der Waals surface area contributed by atoms with E-state index in [9.17, 15) is 9.90 Å². The molecule has 0 spiro atoms. The van der Waals surface area contributed by atoms with Gasteiger partial charge in [0, 0.05) is 16.7 Å². The van der Waals surface area contributed by atoms with E-state index in [1.807, 2.05) is 19.1 Å². The van der Waals surface area contributed by atoms with E-state index >= 15 is 0 Å². The molecular formula is C30H32O9. The lowest BCUT2D eigenvalue weighted by Gasteiger charge is -2.41. The summed E-state index contributed by atoms with van der Waals surface area (Å²) in [6, 6.07) is 12.3. The Labute approximate surface area is 227 Å². The summed E-state index contributed by atoms with van der Waals surface area (Å²) in [5.74, 6) is 1.51. The lowest BCUT2D eigenvalue weighted by molar-refractivity contribution is -0.107. The average molecular weight is 537 g/mol. The van der Waals surface area contributed by atoms with Crippen LogP contribution in [0.1, 0.15) is 41.4 Å². The monoisotopic (exact) mass is 536 g/mol. The van der Waals surface area contributed by atoms with Gasteiger partial charge in [0.1, 0.15) is 5.60 Å². The first kappa shape index (κ1) is 26.5. The van der Waals surface area contributed by atoms with Crippen molar-refractivity contribution in [1.82, 2.24) is 0 Å². The number of hydrogen-bond donors (Lipinski definition) is 1. The third kappa shape index (κ3) is 4.27. The molecule has 3 aromatic carbocycles. The van der Waals surface area contributed by atoms with Crippen molar-refractivity contribution in [1.29, 1.82) is 0 Å². The SMILES string of the molecule is COc1cc2c(c(OC)c1OC)-c1c(cc3c(c1OC)OCO3)[C@@H](OC(=O)c1ccccc1)[C@](C)(O)[C@@H](C)C2. The average Bonchev–Trinajstić information content (AvgIpc) is 3.42. The minimum Gasteiger partial charge on any atom is -0.493 e. The van der Waals surface area contributed by atoms with E-state index in [0.717, 1.165) is 5.56 Å². The summed E-state index contributed by atoms with van der Waals surface area (Å²) in [4.78, 5) is 13.4. The molecule has 0 saturated heterocycles. The molecular weight excluding hydrogens is 504 g/mol. The van der Waals surface area contributed by atoms with Crippen LogP contribution in [0.4, 0.5) is 0 Å². The van der Waals surface area contributed by atoms with Gasteiger partial charge in [-0.05, 0) is 49.1 Å². The number of fused-ring (bicyclic) bond motifs is 4. The zero-order valence-corrected chi connectivity index (χ0v) is 22.8. The fourth-order valence-electron chi connectivity index (χ4n) is 5.37. The van der Waals surface area contributed by atoms with Crippen LogP contribution in [0.25, 0.3) is 11.1 Å². The van der Waals surface area contributed by atoms with Gasteiger partial charge in [0.05, 0.1) is 34.0 Å². The molecule has 1 aliphatic heterocycles. The maximum Gasteiger partial charge on any atom is 0.338 e. The highest BCUT2D eigenvalue weighted by Crippen LogP contribution is 2.59. The normalized spacial score (nSPS) is 21.1. The van der Waals surface area contributed by atoms with Crippen LogP contribution in [0.3, 0.4) is 0 Å². The summed E-state index contributed by atoms with van der Waals surface area (Å²) < 4.78 is 40.8. The second kappa shape index (κ2) is 10.2. The van der Waals surface area contributed by atoms with Crippen molar-refractivity contribution in [2.45, 2.75) is 32.0 Å². The number of ether oxygens (including phenoxy) is 7. The molecule has 9 nitrogen and oxygen atoms in total. The van der Waals surface area contributed by atoms with Gasteiger partial charge in [-0.3, -0.25) is 0 Å². The summed E-state index contributed by atoms with van der Waals surface area (Å²) in [7, 11) is 6.15. The van der Waals surface area contributed by atoms with Gasteiger partial charge in [0.15, 0.2) is 29.1 Å². The lowest BCUT2D eigenvalue weighted by atomic mass is 9.73. The minimum absolute atomic E-state index is 0.00816. The number of carbonyl (C=O) groups excluding carboxylic acids is 1. The molecule has 0 aromatic heterocycles. The topological polar surface area (TPSA) is 102 Å². The summed E-state index contributed by atoms with van der Waals surface area (Å²) in [5.41, 5.74) is 1.35. The number of carbonyl (C=O) groups is 1. The Morgan fingerprint density at radius 1 is 0.923 bits per heavy atom. The second-order valence-electron chi connectivity index (χ2n) is 9.77. The Morgan fingerprint density at radius 3 is 2.26 bits per heavy atom. The van der Waals surface area contributed by atoms with Crippen LogP contribution in [0, 0.1) is 5.92 Å². The Hall–Kier alpha value is -4.11. The Morgan fingerprint density at radius 2 is 1.62 bits per heavy atom. The van der Waals surface area contributed by atoms with Crippen LogP contribution >= 0.6 is 0 Å². The third-order valence-electron chi connectivity index (χ3n) is 7.59. The molecule has 206 valence electrons. The molecule has 0 bridgehead atoms. The molecule has 1 heterocycles. The molecule has 0 radical (unpaired) electrons. The summed E-state index contributed by atoms with van der Waals surface area (Å²) in [6.07, 6.45) is -0.709. The number of aliphatic hydroxyl groups is 1. The Balaban J connectivity index is 1.86. The number of esters is 1. The molecule has 5 rings (SSSR count). The predicted molar refractivity (Wildman–Crippen MR) is 142 cm³/mol. The summed E-state index contributed by atoms with van der Waals surface area (Å²) >= 11 is 0. The van der Waals surface area contributed by atoms with Gasteiger partial charge in [0.2, 0.25) is 18.3 Å². The van der Waals surface area contributed by atoms with Gasteiger partial charge in [-0.2, -0.15) is 0 Å². The standard InChI is InChI=1S/C30H32O9/c1-16-12-18-13-20(33-3)24(34-4)26(35-5)22(18)23-19(14-21-25(27(23)36-6)38-15-37-21)28(30(16,2)32)39-29(31)17-10-8-7-9-11-17/h7-11,13-14,16,28,32H,12,15H2,1-6H3/t16-,28+,30+/m0/s1. The maximum atomic E-state index is 13.4. The molecule has 9 heteroatoms. The summed E-state index contributed by atoms with van der Waals surface area (Å²) in [5, 5.41) is 12.1. The molecule has 3 aromatic rings. The van der Waals surface area contributed by atoms with Gasteiger partial charge < -0.3 is 38.3 Å². The highest BCUT2D eigenvalue weighted by Gasteiger charge is 2.47. The van der Waals surface area contributed by atoms with E-state index in [0.29, 0.717) is 63.2 Å². The van der Waals surface area contributed by atoms with Crippen LogP contribution < -0.4 is 28.4 Å². The number of rotatable bonds is 6. The van der Waals surface area contributed by atoms with E-state index in [1.165, 1.54) is 14.2 Å². The lowest BCUT2D eigenvalue weighted by Crippen LogP contribution is -2.43. The second-order valence-corrected chi connectivity index (χ2v) is 9.77. The van der Waals surface area contributed by atoms with Gasteiger partial charge in [-0.15, -0.1) is 0 Å². The van der Waals surface area contributed by atoms with Crippen molar-refractivity contribution < 1.29 is 43.1 Å². The largest absolute Gasteiger partial charge is 0.493 e. The first-order chi connectivity index (χ1) is 18.8. The maximum absolute atomic E-state index is 13.4. The van der Waals surface area contributed by atoms with Crippen molar-refractivity contribution in [2.24, 2.45) is 5.92 Å². The van der Waals surface area contributed by atoms with E-state index in [-0.39, 0.29) is 12.7 Å². The third-order valence-corrected chi connectivity index (χ3v) is 7.59. The molecule has 0 amide bonds.